The lowest BCUT2D eigenvalue weighted by Crippen LogP contribution is -2.51. The summed E-state index contributed by atoms with van der Waals surface area (Å²) in [5.74, 6) is -1.54. The van der Waals surface area contributed by atoms with E-state index >= 15 is 0 Å². The first-order valence-corrected chi connectivity index (χ1v) is 12.4. The van der Waals surface area contributed by atoms with Crippen LogP contribution in [0.5, 0.6) is 0 Å². The molecule has 0 fully saturated rings. The number of amides is 2. The van der Waals surface area contributed by atoms with Crippen molar-refractivity contribution < 1.29 is 18.8 Å². The minimum Gasteiger partial charge on any atom is -0.349 e. The Morgan fingerprint density at radius 3 is 2.42 bits per heavy atom. The first-order chi connectivity index (χ1) is 18.1. The molecule has 1 N–H and O–H groups in total. The van der Waals surface area contributed by atoms with Gasteiger partial charge in [0.25, 0.3) is 0 Å². The molecule has 0 aliphatic carbocycles. The van der Waals surface area contributed by atoms with Crippen molar-refractivity contribution in [3.8, 4) is 0 Å². The van der Waals surface area contributed by atoms with Gasteiger partial charge in [-0.15, -0.1) is 5.10 Å². The summed E-state index contributed by atoms with van der Waals surface area (Å²) in [7, 11) is 0. The summed E-state index contributed by atoms with van der Waals surface area (Å²) in [6.45, 7) is 6.93. The average Bonchev–Trinajstić information content (AvgIpc) is 3.30. The number of hydrogen-bond acceptors (Lipinski definition) is 5. The van der Waals surface area contributed by atoms with Crippen LogP contribution in [0.3, 0.4) is 0 Å². The van der Waals surface area contributed by atoms with Crippen LogP contribution in [0.25, 0.3) is 11.0 Å². The summed E-state index contributed by atoms with van der Waals surface area (Å²) in [6.07, 6.45) is 0.646. The third-order valence-electron chi connectivity index (χ3n) is 6.54. The number of benzene rings is 3. The number of para-hydroxylation sites is 1. The van der Waals surface area contributed by atoms with E-state index in [-0.39, 0.29) is 12.3 Å². The highest BCUT2D eigenvalue weighted by Crippen LogP contribution is 2.30. The summed E-state index contributed by atoms with van der Waals surface area (Å²) in [5.41, 5.74) is 1.88. The molecule has 38 heavy (non-hydrogen) atoms. The number of ketones is 1. The number of carbonyl (C=O) groups excluding carboxylic acids is 3. The zero-order chi connectivity index (χ0) is 27.4. The number of carbonyl (C=O) groups is 3. The predicted octanol–water partition coefficient (Wildman–Crippen LogP) is 4.85. The summed E-state index contributed by atoms with van der Waals surface area (Å²) in [6, 6.07) is 18.1. The number of nitrogens with zero attached hydrogens (tertiary/aromatic N) is 4. The van der Waals surface area contributed by atoms with E-state index in [2.05, 4.69) is 15.6 Å². The minimum absolute atomic E-state index is 0.184. The topological polar surface area (TPSA) is 97.2 Å². The maximum atomic E-state index is 14.1. The van der Waals surface area contributed by atoms with E-state index in [0.717, 1.165) is 0 Å². The van der Waals surface area contributed by atoms with E-state index in [1.807, 2.05) is 32.9 Å². The van der Waals surface area contributed by atoms with Crippen molar-refractivity contribution in [1.29, 1.82) is 0 Å². The van der Waals surface area contributed by atoms with Crippen molar-refractivity contribution in [2.75, 3.05) is 4.90 Å². The Morgan fingerprint density at radius 2 is 1.74 bits per heavy atom. The van der Waals surface area contributed by atoms with E-state index in [0.29, 0.717) is 34.3 Å². The number of aromatic nitrogens is 3. The summed E-state index contributed by atoms with van der Waals surface area (Å²) < 4.78 is 15.3. The predicted molar refractivity (Wildman–Crippen MR) is 143 cm³/mol. The van der Waals surface area contributed by atoms with Crippen LogP contribution in [-0.4, -0.2) is 38.1 Å². The van der Waals surface area contributed by atoms with Gasteiger partial charge in [0.1, 0.15) is 23.9 Å². The highest BCUT2D eigenvalue weighted by atomic mass is 19.1. The fourth-order valence-electron chi connectivity index (χ4n) is 4.10. The van der Waals surface area contributed by atoms with Gasteiger partial charge in [0, 0.05) is 16.8 Å². The number of rotatable bonds is 9. The number of anilines is 1. The maximum Gasteiger partial charge on any atom is 0.249 e. The number of halogens is 1. The van der Waals surface area contributed by atoms with Crippen molar-refractivity contribution in [2.24, 2.45) is 0 Å². The number of Topliss-reactive ketones (excluding diaryl/α,β-unsaturated/α-hetero) is 1. The van der Waals surface area contributed by atoms with Gasteiger partial charge in [-0.3, -0.25) is 19.3 Å². The van der Waals surface area contributed by atoms with E-state index < -0.39 is 29.2 Å². The molecule has 0 bridgehead atoms. The SMILES string of the molecule is CCC(C)(C)NC(=O)[C@H](c1ccc(F)cc1)N(C(=O)Cn1nnc2ccccc21)c1cccc(C(C)=O)c1. The molecule has 0 unspecified atom stereocenters. The largest absolute Gasteiger partial charge is 0.349 e. The van der Waals surface area contributed by atoms with Crippen molar-refractivity contribution in [2.45, 2.75) is 52.2 Å². The third-order valence-corrected chi connectivity index (χ3v) is 6.54. The van der Waals surface area contributed by atoms with Crippen LogP contribution in [0, 0.1) is 5.82 Å². The molecule has 2 amide bonds. The highest BCUT2D eigenvalue weighted by Gasteiger charge is 2.35. The monoisotopic (exact) mass is 515 g/mol. The van der Waals surface area contributed by atoms with Gasteiger partial charge in [-0.25, -0.2) is 9.07 Å². The Balaban J connectivity index is 1.86. The number of fused-ring (bicyclic) bond motifs is 1. The Kier molecular flexibility index (Phi) is 7.66. The second kappa shape index (κ2) is 10.9. The quantitative estimate of drug-likeness (QED) is 0.321. The van der Waals surface area contributed by atoms with E-state index in [9.17, 15) is 18.8 Å². The fraction of sp³-hybridized carbons (Fsp3) is 0.276. The van der Waals surface area contributed by atoms with Crippen molar-refractivity contribution in [1.82, 2.24) is 20.3 Å². The normalized spacial score (nSPS) is 12.2. The molecule has 196 valence electrons. The second-order valence-electron chi connectivity index (χ2n) is 9.79. The lowest BCUT2D eigenvalue weighted by Gasteiger charge is -2.34. The van der Waals surface area contributed by atoms with Crippen LogP contribution >= 0.6 is 0 Å². The maximum absolute atomic E-state index is 14.1. The molecule has 3 aromatic carbocycles. The van der Waals surface area contributed by atoms with Crippen LogP contribution in [0.2, 0.25) is 0 Å². The Labute approximate surface area is 220 Å². The summed E-state index contributed by atoms with van der Waals surface area (Å²) >= 11 is 0. The minimum atomic E-state index is -1.15. The lowest BCUT2D eigenvalue weighted by atomic mass is 9.98. The summed E-state index contributed by atoms with van der Waals surface area (Å²) in [4.78, 5) is 41.4. The van der Waals surface area contributed by atoms with Gasteiger partial charge in [-0.1, -0.05) is 48.5 Å². The lowest BCUT2D eigenvalue weighted by molar-refractivity contribution is -0.128. The van der Waals surface area contributed by atoms with E-state index in [1.54, 1.807) is 36.4 Å². The molecule has 0 spiro atoms. The van der Waals surface area contributed by atoms with Gasteiger partial charge in [-0.2, -0.15) is 0 Å². The van der Waals surface area contributed by atoms with Gasteiger partial charge in [0.15, 0.2) is 5.78 Å². The second-order valence-corrected chi connectivity index (χ2v) is 9.79. The molecule has 0 saturated carbocycles. The molecular weight excluding hydrogens is 485 g/mol. The van der Waals surface area contributed by atoms with Gasteiger partial charge in [-0.05, 0) is 69.2 Å². The zero-order valence-corrected chi connectivity index (χ0v) is 21.8. The van der Waals surface area contributed by atoms with Crippen LogP contribution in [0.15, 0.2) is 72.8 Å². The molecule has 0 saturated heterocycles. The first-order valence-electron chi connectivity index (χ1n) is 12.4. The van der Waals surface area contributed by atoms with Gasteiger partial charge < -0.3 is 5.32 Å². The van der Waals surface area contributed by atoms with Gasteiger partial charge in [0.2, 0.25) is 11.8 Å². The summed E-state index contributed by atoms with van der Waals surface area (Å²) in [5, 5.41) is 11.3. The van der Waals surface area contributed by atoms with Gasteiger partial charge >= 0.3 is 0 Å². The van der Waals surface area contributed by atoms with Crippen LogP contribution in [0.1, 0.15) is 56.1 Å². The molecule has 1 aromatic heterocycles. The van der Waals surface area contributed by atoms with E-state index in [1.165, 1.54) is 40.8 Å². The standard InChI is InChI=1S/C29H30FN5O3/c1-5-29(3,4)31-28(38)27(20-13-15-22(30)16-14-20)35(23-10-8-9-21(17-23)19(2)36)26(37)18-34-25-12-7-6-11-24(25)32-33-34/h6-17,27H,5,18H2,1-4H3,(H,31,38)/t27-/m0/s1. The zero-order valence-electron chi connectivity index (χ0n) is 21.8. The Bertz CT molecular complexity index is 1480. The molecule has 0 aliphatic rings. The molecule has 1 heterocycles. The van der Waals surface area contributed by atoms with Crippen molar-refractivity contribution in [3.63, 3.8) is 0 Å². The molecule has 8 nitrogen and oxygen atoms in total. The third kappa shape index (κ3) is 5.77. The van der Waals surface area contributed by atoms with Gasteiger partial charge in [0.05, 0.1) is 5.52 Å². The molecule has 4 aromatic rings. The Morgan fingerprint density at radius 1 is 1.03 bits per heavy atom. The van der Waals surface area contributed by atoms with E-state index in [4.69, 9.17) is 0 Å². The molecule has 0 radical (unpaired) electrons. The van der Waals surface area contributed by atoms with Crippen LogP contribution in [-0.2, 0) is 16.1 Å². The van der Waals surface area contributed by atoms with Crippen LogP contribution < -0.4 is 10.2 Å². The van der Waals surface area contributed by atoms with Crippen LogP contribution in [0.4, 0.5) is 10.1 Å². The fourth-order valence-corrected chi connectivity index (χ4v) is 4.10. The molecule has 9 heteroatoms. The molecular formula is C29H30FN5O3. The molecule has 0 aliphatic heterocycles. The number of nitrogens with one attached hydrogen (secondary N) is 1. The first kappa shape index (κ1) is 26.7. The Hall–Kier alpha value is -4.40. The molecule has 1 atom stereocenters. The van der Waals surface area contributed by atoms with Crippen molar-refractivity contribution >= 4 is 34.3 Å². The molecule has 4 rings (SSSR count). The average molecular weight is 516 g/mol. The number of hydrogen-bond donors (Lipinski definition) is 1. The highest BCUT2D eigenvalue weighted by molar-refractivity contribution is 6.03. The smallest absolute Gasteiger partial charge is 0.249 e. The van der Waals surface area contributed by atoms with Crippen molar-refractivity contribution in [3.05, 3.63) is 89.7 Å².